The van der Waals surface area contributed by atoms with Crippen molar-refractivity contribution < 1.29 is 15.0 Å². The molecular formula is C12H16BrNO3. The fourth-order valence-corrected chi connectivity index (χ4v) is 1.54. The smallest absolute Gasteiger partial charge is 0.251 e. The van der Waals surface area contributed by atoms with Gasteiger partial charge in [-0.05, 0) is 31.5 Å². The number of hydrogen-bond acceptors (Lipinski definition) is 3. The SMILES string of the molecule is Cc1ccc(C(=O)NCC(C)(O)CO)cc1Br. The summed E-state index contributed by atoms with van der Waals surface area (Å²) in [6, 6.07) is 5.27. The first kappa shape index (κ1) is 14.2. The van der Waals surface area contributed by atoms with Gasteiger partial charge < -0.3 is 15.5 Å². The highest BCUT2D eigenvalue weighted by Gasteiger charge is 2.20. The minimum absolute atomic E-state index is 0.00777. The van der Waals surface area contributed by atoms with Gasteiger partial charge in [0.05, 0.1) is 6.61 Å². The summed E-state index contributed by atoms with van der Waals surface area (Å²) >= 11 is 3.35. The molecule has 0 fully saturated rings. The summed E-state index contributed by atoms with van der Waals surface area (Å²) in [5.74, 6) is -0.278. The van der Waals surface area contributed by atoms with Gasteiger partial charge >= 0.3 is 0 Å². The fraction of sp³-hybridized carbons (Fsp3) is 0.417. The van der Waals surface area contributed by atoms with E-state index in [2.05, 4.69) is 21.2 Å². The molecule has 3 N–H and O–H groups in total. The Kier molecular flexibility index (Phi) is 4.68. The summed E-state index contributed by atoms with van der Waals surface area (Å²) in [5, 5.41) is 21.0. The summed E-state index contributed by atoms with van der Waals surface area (Å²) in [6.07, 6.45) is 0. The maximum Gasteiger partial charge on any atom is 0.251 e. The molecular weight excluding hydrogens is 286 g/mol. The largest absolute Gasteiger partial charge is 0.393 e. The number of carbonyl (C=O) groups excluding carboxylic acids is 1. The van der Waals surface area contributed by atoms with Crippen LogP contribution in [0.5, 0.6) is 0 Å². The topological polar surface area (TPSA) is 69.6 Å². The molecule has 4 nitrogen and oxygen atoms in total. The van der Waals surface area contributed by atoms with E-state index in [0.717, 1.165) is 10.0 Å². The summed E-state index contributed by atoms with van der Waals surface area (Å²) in [6.45, 7) is 3.00. The summed E-state index contributed by atoms with van der Waals surface area (Å²) in [7, 11) is 0. The van der Waals surface area contributed by atoms with Crippen LogP contribution in [0.3, 0.4) is 0 Å². The maximum absolute atomic E-state index is 11.7. The third-order valence-corrected chi connectivity index (χ3v) is 3.26. The Morgan fingerprint density at radius 3 is 2.71 bits per heavy atom. The van der Waals surface area contributed by atoms with E-state index in [1.807, 2.05) is 13.0 Å². The fourth-order valence-electron chi connectivity index (χ4n) is 1.16. The van der Waals surface area contributed by atoms with E-state index in [1.54, 1.807) is 12.1 Å². The number of aliphatic hydroxyl groups excluding tert-OH is 1. The van der Waals surface area contributed by atoms with Gasteiger partial charge in [-0.2, -0.15) is 0 Å². The molecule has 0 aliphatic carbocycles. The van der Waals surface area contributed by atoms with Crippen molar-refractivity contribution in [1.29, 1.82) is 0 Å². The number of aliphatic hydroxyl groups is 2. The lowest BCUT2D eigenvalue weighted by molar-refractivity contribution is 0.00320. The van der Waals surface area contributed by atoms with Crippen molar-refractivity contribution in [2.24, 2.45) is 0 Å². The van der Waals surface area contributed by atoms with Crippen molar-refractivity contribution in [3.05, 3.63) is 33.8 Å². The minimum Gasteiger partial charge on any atom is -0.393 e. The second kappa shape index (κ2) is 5.62. The normalized spacial score (nSPS) is 14.2. The predicted octanol–water partition coefficient (Wildman–Crippen LogP) is 1.23. The van der Waals surface area contributed by atoms with Gasteiger partial charge in [-0.1, -0.05) is 22.0 Å². The van der Waals surface area contributed by atoms with Gasteiger partial charge in [0.2, 0.25) is 0 Å². The van der Waals surface area contributed by atoms with E-state index < -0.39 is 12.2 Å². The van der Waals surface area contributed by atoms with Crippen molar-refractivity contribution in [1.82, 2.24) is 5.32 Å². The zero-order chi connectivity index (χ0) is 13.1. The number of amides is 1. The molecule has 94 valence electrons. The number of nitrogens with one attached hydrogen (secondary N) is 1. The highest BCUT2D eigenvalue weighted by Crippen LogP contribution is 2.17. The highest BCUT2D eigenvalue weighted by molar-refractivity contribution is 9.10. The molecule has 1 unspecified atom stereocenters. The summed E-state index contributed by atoms with van der Waals surface area (Å²) in [5.41, 5.74) is 0.262. The molecule has 0 aliphatic rings. The standard InChI is InChI=1S/C12H16BrNO3/c1-8-3-4-9(5-10(8)13)11(16)14-6-12(2,17)7-15/h3-5,15,17H,6-7H2,1-2H3,(H,14,16). The summed E-state index contributed by atoms with van der Waals surface area (Å²) < 4.78 is 0.860. The Morgan fingerprint density at radius 1 is 1.53 bits per heavy atom. The predicted molar refractivity (Wildman–Crippen MR) is 68.9 cm³/mol. The zero-order valence-corrected chi connectivity index (χ0v) is 11.4. The molecule has 0 saturated carbocycles. The van der Waals surface area contributed by atoms with Gasteiger partial charge in [-0.3, -0.25) is 4.79 Å². The molecule has 1 amide bonds. The molecule has 1 aromatic carbocycles. The van der Waals surface area contributed by atoms with Crippen LogP contribution in [0, 0.1) is 6.92 Å². The van der Waals surface area contributed by atoms with Crippen LogP contribution in [0.15, 0.2) is 22.7 Å². The van der Waals surface area contributed by atoms with Crippen LogP contribution in [0.25, 0.3) is 0 Å². The second-order valence-corrected chi connectivity index (χ2v) is 5.16. The van der Waals surface area contributed by atoms with Crippen LogP contribution in [0.2, 0.25) is 0 Å². The molecule has 0 heterocycles. The summed E-state index contributed by atoms with van der Waals surface area (Å²) in [4.78, 5) is 11.7. The Labute approximate surface area is 109 Å². The van der Waals surface area contributed by atoms with Crippen molar-refractivity contribution >= 4 is 21.8 Å². The maximum atomic E-state index is 11.7. The highest BCUT2D eigenvalue weighted by atomic mass is 79.9. The van der Waals surface area contributed by atoms with Crippen molar-refractivity contribution in [3.63, 3.8) is 0 Å². The Balaban J connectivity index is 2.68. The first-order valence-corrected chi connectivity index (χ1v) is 6.02. The van der Waals surface area contributed by atoms with Crippen LogP contribution in [-0.2, 0) is 0 Å². The third-order valence-electron chi connectivity index (χ3n) is 2.40. The lowest BCUT2D eigenvalue weighted by Gasteiger charge is -2.20. The molecule has 0 aromatic heterocycles. The van der Waals surface area contributed by atoms with E-state index in [9.17, 15) is 9.90 Å². The molecule has 1 atom stereocenters. The molecule has 0 saturated heterocycles. The van der Waals surface area contributed by atoms with Gasteiger partial charge in [0, 0.05) is 16.6 Å². The molecule has 1 aromatic rings. The lowest BCUT2D eigenvalue weighted by Crippen LogP contribution is -2.43. The average Bonchev–Trinajstić information content (AvgIpc) is 2.30. The van der Waals surface area contributed by atoms with E-state index >= 15 is 0 Å². The van der Waals surface area contributed by atoms with Crippen molar-refractivity contribution in [2.75, 3.05) is 13.2 Å². The molecule has 0 aliphatic heterocycles. The lowest BCUT2D eigenvalue weighted by atomic mass is 10.1. The first-order valence-electron chi connectivity index (χ1n) is 5.23. The van der Waals surface area contributed by atoms with E-state index in [0.29, 0.717) is 5.56 Å². The zero-order valence-electron chi connectivity index (χ0n) is 9.83. The monoisotopic (exact) mass is 301 g/mol. The van der Waals surface area contributed by atoms with Crippen LogP contribution in [0.4, 0.5) is 0 Å². The molecule has 0 bridgehead atoms. The number of carbonyl (C=O) groups is 1. The Hall–Kier alpha value is -0.910. The van der Waals surface area contributed by atoms with Crippen LogP contribution in [-0.4, -0.2) is 34.9 Å². The Bertz CT molecular complexity index is 418. The number of rotatable bonds is 4. The van der Waals surface area contributed by atoms with Gasteiger partial charge in [0.1, 0.15) is 5.60 Å². The molecule has 0 radical (unpaired) electrons. The van der Waals surface area contributed by atoms with Gasteiger partial charge in [-0.15, -0.1) is 0 Å². The number of hydrogen-bond donors (Lipinski definition) is 3. The minimum atomic E-state index is -1.29. The average molecular weight is 302 g/mol. The molecule has 0 spiro atoms. The van der Waals surface area contributed by atoms with Crippen LogP contribution < -0.4 is 5.32 Å². The van der Waals surface area contributed by atoms with Crippen molar-refractivity contribution in [3.8, 4) is 0 Å². The quantitative estimate of drug-likeness (QED) is 0.783. The van der Waals surface area contributed by atoms with Gasteiger partial charge in [0.25, 0.3) is 5.91 Å². The van der Waals surface area contributed by atoms with E-state index in [4.69, 9.17) is 5.11 Å². The van der Waals surface area contributed by atoms with E-state index in [-0.39, 0.29) is 12.5 Å². The molecule has 1 rings (SSSR count). The first-order chi connectivity index (χ1) is 7.85. The van der Waals surface area contributed by atoms with Crippen LogP contribution >= 0.6 is 15.9 Å². The Morgan fingerprint density at radius 2 is 2.18 bits per heavy atom. The van der Waals surface area contributed by atoms with Crippen molar-refractivity contribution in [2.45, 2.75) is 19.4 Å². The third kappa shape index (κ3) is 4.11. The number of benzene rings is 1. The second-order valence-electron chi connectivity index (χ2n) is 4.30. The molecule has 17 heavy (non-hydrogen) atoms. The number of halogens is 1. The van der Waals surface area contributed by atoms with Crippen LogP contribution in [0.1, 0.15) is 22.8 Å². The molecule has 5 heteroatoms. The van der Waals surface area contributed by atoms with Gasteiger partial charge in [-0.25, -0.2) is 0 Å². The van der Waals surface area contributed by atoms with E-state index in [1.165, 1.54) is 6.92 Å². The number of aryl methyl sites for hydroxylation is 1. The van der Waals surface area contributed by atoms with Gasteiger partial charge in [0.15, 0.2) is 0 Å².